The molecule has 31 heavy (non-hydrogen) atoms. The van der Waals surface area contributed by atoms with Gasteiger partial charge in [0.05, 0.1) is 12.2 Å². The van der Waals surface area contributed by atoms with Gasteiger partial charge < -0.3 is 5.32 Å². The zero-order valence-electron chi connectivity index (χ0n) is 17.0. The van der Waals surface area contributed by atoms with Gasteiger partial charge in [-0.15, -0.1) is 0 Å². The second-order valence-corrected chi connectivity index (χ2v) is 7.52. The van der Waals surface area contributed by atoms with Crippen LogP contribution in [0.1, 0.15) is 21.6 Å². The van der Waals surface area contributed by atoms with Gasteiger partial charge in [-0.1, -0.05) is 72.3 Å². The number of nitrogens with one attached hydrogen (secondary N) is 2. The van der Waals surface area contributed by atoms with Crippen LogP contribution in [0.5, 0.6) is 0 Å². The lowest BCUT2D eigenvalue weighted by atomic mass is 10.0. The van der Waals surface area contributed by atoms with Crippen molar-refractivity contribution in [3.8, 4) is 11.3 Å². The van der Waals surface area contributed by atoms with Crippen LogP contribution in [0, 0.1) is 6.92 Å². The Kier molecular flexibility index (Phi) is 4.80. The molecule has 0 saturated heterocycles. The summed E-state index contributed by atoms with van der Waals surface area (Å²) in [7, 11) is 0. The molecule has 2 heterocycles. The topological polar surface area (TPSA) is 75.6 Å². The number of carbonyl (C=O) groups is 1. The maximum atomic E-state index is 12.6. The van der Waals surface area contributed by atoms with E-state index in [0.29, 0.717) is 18.1 Å². The summed E-state index contributed by atoms with van der Waals surface area (Å²) in [6.07, 6.45) is 1.86. The molecule has 0 aliphatic heterocycles. The Labute approximate surface area is 179 Å². The molecular formula is C25H21N5O. The summed E-state index contributed by atoms with van der Waals surface area (Å²) in [6.45, 7) is 2.66. The van der Waals surface area contributed by atoms with Crippen molar-refractivity contribution < 1.29 is 4.79 Å². The molecule has 0 aliphatic rings. The van der Waals surface area contributed by atoms with E-state index in [4.69, 9.17) is 0 Å². The second-order valence-electron chi connectivity index (χ2n) is 7.52. The zero-order chi connectivity index (χ0) is 21.2. The summed E-state index contributed by atoms with van der Waals surface area (Å²) >= 11 is 0. The quantitative estimate of drug-likeness (QED) is 0.429. The van der Waals surface area contributed by atoms with E-state index in [1.165, 1.54) is 21.9 Å². The Hall–Kier alpha value is -4.19. The molecule has 152 valence electrons. The molecule has 6 nitrogen and oxygen atoms in total. The minimum atomic E-state index is -0.277. The van der Waals surface area contributed by atoms with Gasteiger partial charge in [0.1, 0.15) is 5.69 Å². The highest BCUT2D eigenvalue weighted by atomic mass is 16.2. The minimum absolute atomic E-state index is 0.277. The van der Waals surface area contributed by atoms with Crippen molar-refractivity contribution in [3.05, 3.63) is 102 Å². The average Bonchev–Trinajstić information content (AvgIpc) is 3.45. The highest BCUT2D eigenvalue weighted by Gasteiger charge is 2.13. The Balaban J connectivity index is 1.29. The van der Waals surface area contributed by atoms with Gasteiger partial charge in [-0.3, -0.25) is 14.6 Å². The Bertz CT molecular complexity index is 1360. The Morgan fingerprint density at radius 3 is 2.68 bits per heavy atom. The van der Waals surface area contributed by atoms with E-state index in [9.17, 15) is 4.79 Å². The van der Waals surface area contributed by atoms with Crippen LogP contribution in [0.3, 0.4) is 0 Å². The number of carbonyl (C=O) groups excluding carboxylic acids is 1. The van der Waals surface area contributed by atoms with Crippen LogP contribution in [0.15, 0.2) is 85.1 Å². The molecule has 0 unspecified atom stereocenters. The first-order valence-corrected chi connectivity index (χ1v) is 10.1. The van der Waals surface area contributed by atoms with Crippen molar-refractivity contribution in [2.75, 3.05) is 5.32 Å². The van der Waals surface area contributed by atoms with E-state index in [2.05, 4.69) is 44.9 Å². The number of anilines is 1. The first kappa shape index (κ1) is 18.8. The monoisotopic (exact) mass is 407 g/mol. The highest BCUT2D eigenvalue weighted by Crippen LogP contribution is 2.20. The maximum Gasteiger partial charge on any atom is 0.274 e. The standard InChI is InChI=1S/C25H21N5O/c1-17-9-11-19(12-10-17)22-15-23(28-27-22)25(31)26-24-13-14-30(29-24)16-20-7-4-6-18-5-2-3-8-21(18)20/h2-15H,16H2,1H3,(H,27,28)(H,26,29,31). The SMILES string of the molecule is Cc1ccc(-c2cc(C(=O)Nc3ccn(Cc4cccc5ccccc45)n3)[nH]n2)cc1. The third-order valence-electron chi connectivity index (χ3n) is 5.26. The number of aromatic amines is 1. The molecule has 5 rings (SSSR count). The van der Waals surface area contributed by atoms with E-state index in [0.717, 1.165) is 11.3 Å². The van der Waals surface area contributed by atoms with E-state index in [1.807, 2.05) is 60.3 Å². The summed E-state index contributed by atoms with van der Waals surface area (Å²) in [5, 5.41) is 16.8. The third kappa shape index (κ3) is 3.96. The largest absolute Gasteiger partial charge is 0.304 e. The van der Waals surface area contributed by atoms with Gasteiger partial charge in [0.15, 0.2) is 5.82 Å². The third-order valence-corrected chi connectivity index (χ3v) is 5.26. The minimum Gasteiger partial charge on any atom is -0.304 e. The molecular weight excluding hydrogens is 386 g/mol. The number of amides is 1. The van der Waals surface area contributed by atoms with Crippen LogP contribution in [0.4, 0.5) is 5.82 Å². The molecule has 6 heteroatoms. The summed E-state index contributed by atoms with van der Waals surface area (Å²) in [5.41, 5.74) is 4.43. The Morgan fingerprint density at radius 1 is 1.00 bits per heavy atom. The molecule has 3 aromatic carbocycles. The molecule has 0 spiro atoms. The van der Waals surface area contributed by atoms with Gasteiger partial charge in [-0.25, -0.2) is 0 Å². The number of hydrogen-bond donors (Lipinski definition) is 2. The predicted octanol–water partition coefficient (Wildman–Crippen LogP) is 5.04. The van der Waals surface area contributed by atoms with Crippen LogP contribution in [-0.2, 0) is 6.54 Å². The molecule has 0 bridgehead atoms. The van der Waals surface area contributed by atoms with Gasteiger partial charge in [0, 0.05) is 17.8 Å². The number of aryl methyl sites for hydroxylation is 1. The van der Waals surface area contributed by atoms with Gasteiger partial charge in [0.2, 0.25) is 0 Å². The highest BCUT2D eigenvalue weighted by molar-refractivity contribution is 6.02. The summed E-state index contributed by atoms with van der Waals surface area (Å²) in [5.74, 6) is 0.220. The summed E-state index contributed by atoms with van der Waals surface area (Å²) in [6, 6.07) is 26.1. The fourth-order valence-corrected chi connectivity index (χ4v) is 3.62. The number of fused-ring (bicyclic) bond motifs is 1. The normalized spacial score (nSPS) is 11.0. The predicted molar refractivity (Wildman–Crippen MR) is 122 cm³/mol. The molecule has 0 saturated carbocycles. The van der Waals surface area contributed by atoms with Crippen LogP contribution < -0.4 is 5.32 Å². The molecule has 1 amide bonds. The average molecular weight is 407 g/mol. The molecule has 0 fully saturated rings. The fraction of sp³-hybridized carbons (Fsp3) is 0.0800. The van der Waals surface area contributed by atoms with E-state index in [-0.39, 0.29) is 5.91 Å². The molecule has 0 aliphatic carbocycles. The summed E-state index contributed by atoms with van der Waals surface area (Å²) in [4.78, 5) is 12.6. The van der Waals surface area contributed by atoms with Crippen molar-refractivity contribution in [2.24, 2.45) is 0 Å². The number of aromatic nitrogens is 4. The van der Waals surface area contributed by atoms with E-state index in [1.54, 1.807) is 12.1 Å². The lowest BCUT2D eigenvalue weighted by Crippen LogP contribution is -2.13. The molecule has 2 aromatic heterocycles. The molecule has 5 aromatic rings. The van der Waals surface area contributed by atoms with E-state index < -0.39 is 0 Å². The smallest absolute Gasteiger partial charge is 0.274 e. The van der Waals surface area contributed by atoms with Crippen LogP contribution >= 0.6 is 0 Å². The Morgan fingerprint density at radius 2 is 1.81 bits per heavy atom. The number of nitrogens with zero attached hydrogens (tertiary/aromatic N) is 3. The first-order valence-electron chi connectivity index (χ1n) is 10.1. The molecule has 2 N–H and O–H groups in total. The number of benzene rings is 3. The van der Waals surface area contributed by atoms with E-state index >= 15 is 0 Å². The molecule has 0 radical (unpaired) electrons. The van der Waals surface area contributed by atoms with Crippen molar-refractivity contribution >= 4 is 22.5 Å². The van der Waals surface area contributed by atoms with Gasteiger partial charge in [-0.2, -0.15) is 10.2 Å². The van der Waals surface area contributed by atoms with Crippen molar-refractivity contribution in [2.45, 2.75) is 13.5 Å². The number of rotatable bonds is 5. The lowest BCUT2D eigenvalue weighted by Gasteiger charge is -2.06. The fourth-order valence-electron chi connectivity index (χ4n) is 3.62. The zero-order valence-corrected chi connectivity index (χ0v) is 17.0. The number of hydrogen-bond acceptors (Lipinski definition) is 3. The second kappa shape index (κ2) is 7.91. The van der Waals surface area contributed by atoms with Gasteiger partial charge in [-0.05, 0) is 29.3 Å². The van der Waals surface area contributed by atoms with Crippen molar-refractivity contribution in [3.63, 3.8) is 0 Å². The first-order chi connectivity index (χ1) is 15.2. The van der Waals surface area contributed by atoms with Crippen LogP contribution in [0.25, 0.3) is 22.0 Å². The van der Waals surface area contributed by atoms with Gasteiger partial charge >= 0.3 is 0 Å². The number of H-pyrrole nitrogens is 1. The van der Waals surface area contributed by atoms with Crippen molar-refractivity contribution in [1.82, 2.24) is 20.0 Å². The lowest BCUT2D eigenvalue weighted by molar-refractivity contribution is 0.102. The van der Waals surface area contributed by atoms with Crippen LogP contribution in [0.2, 0.25) is 0 Å². The van der Waals surface area contributed by atoms with Crippen LogP contribution in [-0.4, -0.2) is 25.9 Å². The molecule has 0 atom stereocenters. The maximum absolute atomic E-state index is 12.6. The van der Waals surface area contributed by atoms with Crippen molar-refractivity contribution in [1.29, 1.82) is 0 Å². The van der Waals surface area contributed by atoms with Gasteiger partial charge in [0.25, 0.3) is 5.91 Å². The summed E-state index contributed by atoms with van der Waals surface area (Å²) < 4.78 is 1.82.